The molecule has 3 heteroatoms. The SMILES string of the molecule is Cc1cc2c(cc1C)N(Cc1cccs1)CCN2. The number of nitrogens with zero attached hydrogens (tertiary/aromatic N) is 1. The van der Waals surface area contributed by atoms with Gasteiger partial charge in [0.15, 0.2) is 0 Å². The number of rotatable bonds is 2. The van der Waals surface area contributed by atoms with Gasteiger partial charge in [-0.3, -0.25) is 0 Å². The Hall–Kier alpha value is -1.48. The molecule has 0 saturated heterocycles. The molecule has 1 N–H and O–H groups in total. The zero-order valence-corrected chi connectivity index (χ0v) is 11.7. The molecule has 0 saturated carbocycles. The number of anilines is 2. The molecule has 1 aliphatic rings. The highest BCUT2D eigenvalue weighted by Crippen LogP contribution is 2.33. The van der Waals surface area contributed by atoms with Gasteiger partial charge in [0.25, 0.3) is 0 Å². The number of hydrogen-bond donors (Lipinski definition) is 1. The molecule has 3 rings (SSSR count). The molecule has 0 atom stereocenters. The predicted molar refractivity (Wildman–Crippen MR) is 79.8 cm³/mol. The second kappa shape index (κ2) is 4.65. The summed E-state index contributed by atoms with van der Waals surface area (Å²) in [6.07, 6.45) is 0. The number of fused-ring (bicyclic) bond motifs is 1. The van der Waals surface area contributed by atoms with Crippen LogP contribution in [-0.2, 0) is 6.54 Å². The van der Waals surface area contributed by atoms with Crippen molar-refractivity contribution < 1.29 is 0 Å². The summed E-state index contributed by atoms with van der Waals surface area (Å²) in [5, 5.41) is 5.65. The van der Waals surface area contributed by atoms with E-state index in [-0.39, 0.29) is 0 Å². The van der Waals surface area contributed by atoms with Crippen molar-refractivity contribution in [3.05, 3.63) is 45.6 Å². The van der Waals surface area contributed by atoms with Crippen LogP contribution in [0.15, 0.2) is 29.6 Å². The highest BCUT2D eigenvalue weighted by molar-refractivity contribution is 7.09. The Morgan fingerprint density at radius 3 is 2.89 bits per heavy atom. The van der Waals surface area contributed by atoms with Gasteiger partial charge in [-0.15, -0.1) is 11.3 Å². The van der Waals surface area contributed by atoms with Crippen LogP contribution in [-0.4, -0.2) is 13.1 Å². The molecular formula is C15H18N2S. The Bertz CT molecular complexity index is 546. The standard InChI is InChI=1S/C15H18N2S/c1-11-8-14-15(9-12(11)2)17(6-5-16-14)10-13-4-3-7-18-13/h3-4,7-9,16H,5-6,10H2,1-2H3. The summed E-state index contributed by atoms with van der Waals surface area (Å²) < 4.78 is 0. The largest absolute Gasteiger partial charge is 0.382 e. The summed E-state index contributed by atoms with van der Waals surface area (Å²) in [7, 11) is 0. The Morgan fingerprint density at radius 1 is 1.28 bits per heavy atom. The van der Waals surface area contributed by atoms with Crippen LogP contribution in [0.25, 0.3) is 0 Å². The summed E-state index contributed by atoms with van der Waals surface area (Å²) in [5.74, 6) is 0. The van der Waals surface area contributed by atoms with Crippen molar-refractivity contribution in [1.29, 1.82) is 0 Å². The average molecular weight is 258 g/mol. The maximum absolute atomic E-state index is 3.50. The zero-order chi connectivity index (χ0) is 12.5. The van der Waals surface area contributed by atoms with Gasteiger partial charge in [-0.2, -0.15) is 0 Å². The van der Waals surface area contributed by atoms with E-state index in [0.717, 1.165) is 19.6 Å². The van der Waals surface area contributed by atoms with Crippen molar-refractivity contribution in [1.82, 2.24) is 0 Å². The highest BCUT2D eigenvalue weighted by atomic mass is 32.1. The number of benzene rings is 1. The predicted octanol–water partition coefficient (Wildman–Crippen LogP) is 3.80. The molecule has 2 heterocycles. The molecule has 2 aromatic rings. The van der Waals surface area contributed by atoms with Gasteiger partial charge in [0.05, 0.1) is 17.9 Å². The molecule has 0 amide bonds. The lowest BCUT2D eigenvalue weighted by molar-refractivity contribution is 0.794. The van der Waals surface area contributed by atoms with Crippen LogP contribution in [0.4, 0.5) is 11.4 Å². The summed E-state index contributed by atoms with van der Waals surface area (Å²) in [4.78, 5) is 3.91. The molecule has 1 aliphatic heterocycles. The first-order chi connectivity index (χ1) is 8.74. The lowest BCUT2D eigenvalue weighted by atomic mass is 10.1. The second-order valence-electron chi connectivity index (χ2n) is 4.88. The van der Waals surface area contributed by atoms with Gasteiger partial charge < -0.3 is 10.2 Å². The number of hydrogen-bond acceptors (Lipinski definition) is 3. The molecule has 0 aliphatic carbocycles. The minimum Gasteiger partial charge on any atom is -0.382 e. The summed E-state index contributed by atoms with van der Waals surface area (Å²) >= 11 is 1.84. The van der Waals surface area contributed by atoms with E-state index < -0.39 is 0 Å². The zero-order valence-electron chi connectivity index (χ0n) is 10.9. The minimum absolute atomic E-state index is 1.02. The van der Waals surface area contributed by atoms with Crippen LogP contribution in [0.5, 0.6) is 0 Å². The topological polar surface area (TPSA) is 15.3 Å². The molecule has 0 bridgehead atoms. The van der Waals surface area contributed by atoms with Crippen LogP contribution >= 0.6 is 11.3 Å². The van der Waals surface area contributed by atoms with Gasteiger partial charge in [-0.25, -0.2) is 0 Å². The summed E-state index contributed by atoms with van der Waals surface area (Å²) in [5.41, 5.74) is 5.35. The van der Waals surface area contributed by atoms with E-state index in [4.69, 9.17) is 0 Å². The highest BCUT2D eigenvalue weighted by Gasteiger charge is 2.17. The van der Waals surface area contributed by atoms with Crippen molar-refractivity contribution in [2.75, 3.05) is 23.3 Å². The maximum Gasteiger partial charge on any atom is 0.0608 e. The van der Waals surface area contributed by atoms with E-state index in [9.17, 15) is 0 Å². The molecule has 0 spiro atoms. The first kappa shape index (κ1) is 11.6. The van der Waals surface area contributed by atoms with Gasteiger partial charge in [0, 0.05) is 18.0 Å². The fourth-order valence-electron chi connectivity index (χ4n) is 2.41. The van der Waals surface area contributed by atoms with Crippen molar-refractivity contribution in [3.63, 3.8) is 0 Å². The van der Waals surface area contributed by atoms with E-state index in [1.165, 1.54) is 27.4 Å². The van der Waals surface area contributed by atoms with Gasteiger partial charge in [0.2, 0.25) is 0 Å². The third kappa shape index (κ3) is 2.10. The Labute approximate surface area is 112 Å². The van der Waals surface area contributed by atoms with Crippen LogP contribution in [0.2, 0.25) is 0 Å². The smallest absolute Gasteiger partial charge is 0.0608 e. The Morgan fingerprint density at radius 2 is 2.11 bits per heavy atom. The normalized spacial score (nSPS) is 14.2. The maximum atomic E-state index is 3.50. The van der Waals surface area contributed by atoms with Crippen molar-refractivity contribution in [3.8, 4) is 0 Å². The van der Waals surface area contributed by atoms with Crippen molar-refractivity contribution in [2.45, 2.75) is 20.4 Å². The van der Waals surface area contributed by atoms with Gasteiger partial charge in [-0.1, -0.05) is 6.07 Å². The van der Waals surface area contributed by atoms with E-state index in [1.54, 1.807) is 0 Å². The van der Waals surface area contributed by atoms with Crippen LogP contribution in [0.3, 0.4) is 0 Å². The first-order valence-electron chi connectivity index (χ1n) is 6.36. The average Bonchev–Trinajstić information content (AvgIpc) is 2.84. The first-order valence-corrected chi connectivity index (χ1v) is 7.24. The number of nitrogens with one attached hydrogen (secondary N) is 1. The molecule has 2 nitrogen and oxygen atoms in total. The molecular weight excluding hydrogens is 240 g/mol. The summed E-state index contributed by atoms with van der Waals surface area (Å²) in [6.45, 7) is 7.49. The van der Waals surface area contributed by atoms with Gasteiger partial charge in [-0.05, 0) is 48.6 Å². The number of thiophene rings is 1. The van der Waals surface area contributed by atoms with Crippen molar-refractivity contribution in [2.24, 2.45) is 0 Å². The molecule has 0 radical (unpaired) electrons. The van der Waals surface area contributed by atoms with Gasteiger partial charge in [0.1, 0.15) is 0 Å². The molecule has 0 fully saturated rings. The van der Waals surface area contributed by atoms with E-state index in [0.29, 0.717) is 0 Å². The van der Waals surface area contributed by atoms with Crippen LogP contribution in [0, 0.1) is 13.8 Å². The van der Waals surface area contributed by atoms with Crippen LogP contribution in [0.1, 0.15) is 16.0 Å². The molecule has 94 valence electrons. The molecule has 18 heavy (non-hydrogen) atoms. The fraction of sp³-hybridized carbons (Fsp3) is 0.333. The van der Waals surface area contributed by atoms with Gasteiger partial charge >= 0.3 is 0 Å². The fourth-order valence-corrected chi connectivity index (χ4v) is 3.12. The van der Waals surface area contributed by atoms with E-state index in [2.05, 4.69) is 53.7 Å². The van der Waals surface area contributed by atoms with Crippen molar-refractivity contribution >= 4 is 22.7 Å². The number of aryl methyl sites for hydroxylation is 2. The monoisotopic (exact) mass is 258 g/mol. The van der Waals surface area contributed by atoms with Crippen LogP contribution < -0.4 is 10.2 Å². The quantitative estimate of drug-likeness (QED) is 0.881. The third-order valence-electron chi connectivity index (χ3n) is 3.58. The second-order valence-corrected chi connectivity index (χ2v) is 5.91. The Balaban J connectivity index is 1.93. The Kier molecular flexibility index (Phi) is 3.00. The van der Waals surface area contributed by atoms with E-state index in [1.807, 2.05) is 11.3 Å². The summed E-state index contributed by atoms with van der Waals surface area (Å²) in [6, 6.07) is 8.92. The molecule has 1 aromatic heterocycles. The molecule has 1 aromatic carbocycles. The third-order valence-corrected chi connectivity index (χ3v) is 4.44. The lowest BCUT2D eigenvalue weighted by Gasteiger charge is -2.32. The lowest BCUT2D eigenvalue weighted by Crippen LogP contribution is -2.33. The molecule has 0 unspecified atom stereocenters. The van der Waals surface area contributed by atoms with E-state index >= 15 is 0 Å². The minimum atomic E-state index is 1.02.